The molecule has 0 saturated carbocycles. The summed E-state index contributed by atoms with van der Waals surface area (Å²) in [6.45, 7) is 0. The van der Waals surface area contributed by atoms with Crippen molar-refractivity contribution in [2.75, 3.05) is 5.73 Å². The molecule has 0 atom stereocenters. The molecule has 4 aromatic rings. The smallest absolute Gasteiger partial charge is 0.241 e. The molecule has 0 unspecified atom stereocenters. The molecule has 10 heteroatoms. The molecule has 152 valence electrons. The van der Waals surface area contributed by atoms with E-state index in [1.165, 1.54) is 18.3 Å². The van der Waals surface area contributed by atoms with Crippen molar-refractivity contribution in [3.63, 3.8) is 0 Å². The Hall–Kier alpha value is -3.34. The van der Waals surface area contributed by atoms with E-state index in [-0.39, 0.29) is 15.6 Å². The third-order valence-corrected chi connectivity index (χ3v) is 6.27. The number of thiol groups is 1. The SMILES string of the molecule is Nc1ncc(-c2ccc3nccc(-c4cccc([SH](=O)=O)c4)c3c2)cc1S(N)(=O)=O. The number of aromatic nitrogens is 2. The zero-order chi connectivity index (χ0) is 21.5. The minimum Gasteiger partial charge on any atom is -0.383 e. The first-order valence-electron chi connectivity index (χ1n) is 8.66. The summed E-state index contributed by atoms with van der Waals surface area (Å²) < 4.78 is 46.3. The van der Waals surface area contributed by atoms with Crippen molar-refractivity contribution in [1.29, 1.82) is 0 Å². The minimum atomic E-state index is -4.03. The maximum absolute atomic E-state index is 11.8. The van der Waals surface area contributed by atoms with Gasteiger partial charge in [0, 0.05) is 23.3 Å². The molecule has 0 aliphatic heterocycles. The van der Waals surface area contributed by atoms with Crippen molar-refractivity contribution in [3.05, 3.63) is 67.0 Å². The van der Waals surface area contributed by atoms with Gasteiger partial charge in [0.2, 0.25) is 10.0 Å². The Balaban J connectivity index is 1.92. The number of nitrogens with zero attached hydrogens (tertiary/aromatic N) is 2. The van der Waals surface area contributed by atoms with E-state index in [4.69, 9.17) is 10.9 Å². The highest BCUT2D eigenvalue weighted by Crippen LogP contribution is 2.32. The summed E-state index contributed by atoms with van der Waals surface area (Å²) in [6, 6.07) is 15.2. The zero-order valence-corrected chi connectivity index (χ0v) is 17.1. The number of hydrogen-bond acceptors (Lipinski definition) is 7. The Labute approximate surface area is 174 Å². The van der Waals surface area contributed by atoms with Crippen molar-refractivity contribution in [2.45, 2.75) is 9.79 Å². The molecule has 2 aromatic carbocycles. The summed E-state index contributed by atoms with van der Waals surface area (Å²) in [5, 5.41) is 5.99. The number of pyridine rings is 2. The maximum Gasteiger partial charge on any atom is 0.241 e. The van der Waals surface area contributed by atoms with Crippen molar-refractivity contribution in [3.8, 4) is 22.3 Å². The van der Waals surface area contributed by atoms with Gasteiger partial charge in [-0.3, -0.25) is 4.98 Å². The molecule has 30 heavy (non-hydrogen) atoms. The number of rotatable bonds is 4. The van der Waals surface area contributed by atoms with Crippen LogP contribution in [0, 0.1) is 0 Å². The van der Waals surface area contributed by atoms with Crippen LogP contribution in [0.25, 0.3) is 33.2 Å². The van der Waals surface area contributed by atoms with E-state index in [9.17, 15) is 16.8 Å². The maximum atomic E-state index is 11.8. The van der Waals surface area contributed by atoms with Gasteiger partial charge >= 0.3 is 0 Å². The summed E-state index contributed by atoms with van der Waals surface area (Å²) in [7, 11) is -6.74. The van der Waals surface area contributed by atoms with Gasteiger partial charge in [0.15, 0.2) is 10.7 Å². The second-order valence-electron chi connectivity index (χ2n) is 6.55. The number of nitrogen functional groups attached to an aromatic ring is 1. The number of primary sulfonamides is 1. The number of fused-ring (bicyclic) bond motifs is 1. The predicted molar refractivity (Wildman–Crippen MR) is 115 cm³/mol. The lowest BCUT2D eigenvalue weighted by Gasteiger charge is -2.10. The van der Waals surface area contributed by atoms with Crippen LogP contribution in [0.1, 0.15) is 0 Å². The van der Waals surface area contributed by atoms with Crippen LogP contribution >= 0.6 is 0 Å². The van der Waals surface area contributed by atoms with E-state index in [0.29, 0.717) is 16.6 Å². The number of anilines is 1. The average molecular weight is 441 g/mol. The number of benzene rings is 2. The van der Waals surface area contributed by atoms with Crippen molar-refractivity contribution in [2.24, 2.45) is 5.14 Å². The summed E-state index contributed by atoms with van der Waals surface area (Å²) in [5.41, 5.74) is 9.05. The van der Waals surface area contributed by atoms with E-state index < -0.39 is 20.7 Å². The van der Waals surface area contributed by atoms with Gasteiger partial charge in [0.05, 0.1) is 10.4 Å². The van der Waals surface area contributed by atoms with Crippen LogP contribution in [0.5, 0.6) is 0 Å². The summed E-state index contributed by atoms with van der Waals surface area (Å²) in [6.07, 6.45) is 3.11. The van der Waals surface area contributed by atoms with E-state index in [2.05, 4.69) is 9.97 Å². The summed E-state index contributed by atoms with van der Waals surface area (Å²) in [4.78, 5) is 8.27. The first-order valence-corrected chi connectivity index (χ1v) is 11.4. The first kappa shape index (κ1) is 20.0. The van der Waals surface area contributed by atoms with E-state index >= 15 is 0 Å². The third-order valence-electron chi connectivity index (χ3n) is 4.63. The lowest BCUT2D eigenvalue weighted by Crippen LogP contribution is -2.15. The van der Waals surface area contributed by atoms with Gasteiger partial charge in [-0.25, -0.2) is 27.0 Å². The van der Waals surface area contributed by atoms with Crippen LogP contribution in [0.3, 0.4) is 0 Å². The fraction of sp³-hybridized carbons (Fsp3) is 0. The number of sulfonamides is 1. The third kappa shape index (κ3) is 3.75. The van der Waals surface area contributed by atoms with E-state index in [1.54, 1.807) is 36.5 Å². The zero-order valence-electron chi connectivity index (χ0n) is 15.4. The Morgan fingerprint density at radius 3 is 2.40 bits per heavy atom. The van der Waals surface area contributed by atoms with E-state index in [1.807, 2.05) is 12.1 Å². The molecule has 0 saturated heterocycles. The molecule has 2 heterocycles. The second kappa shape index (κ2) is 7.48. The van der Waals surface area contributed by atoms with Gasteiger partial charge < -0.3 is 5.73 Å². The van der Waals surface area contributed by atoms with Crippen LogP contribution in [-0.4, -0.2) is 26.8 Å². The fourth-order valence-corrected chi connectivity index (χ4v) is 4.29. The normalized spacial score (nSPS) is 11.8. The molecule has 0 aliphatic rings. The van der Waals surface area contributed by atoms with Crippen molar-refractivity contribution < 1.29 is 16.8 Å². The van der Waals surface area contributed by atoms with Gasteiger partial charge in [-0.1, -0.05) is 18.2 Å². The molecule has 0 radical (unpaired) electrons. The summed E-state index contributed by atoms with van der Waals surface area (Å²) >= 11 is 0. The number of nitrogens with two attached hydrogens (primary N) is 2. The quantitative estimate of drug-likeness (QED) is 0.412. The van der Waals surface area contributed by atoms with Crippen LogP contribution in [0.15, 0.2) is 76.8 Å². The minimum absolute atomic E-state index is 0.173. The van der Waals surface area contributed by atoms with Gasteiger partial charge in [0.25, 0.3) is 0 Å². The highest BCUT2D eigenvalue weighted by atomic mass is 32.2. The monoisotopic (exact) mass is 440 g/mol. The molecular formula is C20H16N4O4S2. The van der Waals surface area contributed by atoms with Crippen LogP contribution in [0.2, 0.25) is 0 Å². The topological polar surface area (TPSA) is 146 Å². The van der Waals surface area contributed by atoms with E-state index in [0.717, 1.165) is 16.5 Å². The Bertz CT molecular complexity index is 1470. The number of hydrogen-bond donors (Lipinski definition) is 3. The Kier molecular flexibility index (Phi) is 4.98. The molecule has 2 aromatic heterocycles. The first-order chi connectivity index (χ1) is 14.2. The summed E-state index contributed by atoms with van der Waals surface area (Å²) in [5.74, 6) is -0.173. The fourth-order valence-electron chi connectivity index (χ4n) is 3.21. The van der Waals surface area contributed by atoms with Gasteiger partial charge in [-0.15, -0.1) is 0 Å². The molecule has 0 aliphatic carbocycles. The van der Waals surface area contributed by atoms with Crippen LogP contribution in [-0.2, 0) is 20.7 Å². The molecular weight excluding hydrogens is 424 g/mol. The van der Waals surface area contributed by atoms with Gasteiger partial charge in [-0.05, 0) is 53.1 Å². The molecule has 0 fully saturated rings. The molecule has 4 rings (SSSR count). The molecule has 8 nitrogen and oxygen atoms in total. The average Bonchev–Trinajstić information content (AvgIpc) is 2.72. The van der Waals surface area contributed by atoms with Crippen LogP contribution < -0.4 is 10.9 Å². The van der Waals surface area contributed by atoms with Crippen LogP contribution in [0.4, 0.5) is 5.82 Å². The molecule has 0 spiro atoms. The van der Waals surface area contributed by atoms with Crippen molar-refractivity contribution in [1.82, 2.24) is 9.97 Å². The van der Waals surface area contributed by atoms with Crippen molar-refractivity contribution >= 4 is 37.4 Å². The Morgan fingerprint density at radius 1 is 0.867 bits per heavy atom. The second-order valence-corrected chi connectivity index (χ2v) is 9.11. The molecule has 4 N–H and O–H groups in total. The molecule has 0 bridgehead atoms. The molecule has 0 amide bonds. The predicted octanol–water partition coefficient (Wildman–Crippen LogP) is 2.16. The lowest BCUT2D eigenvalue weighted by molar-refractivity contribution is 0.597. The standard InChI is InChI=1S/C20H16N4O4S2/c21-20-19(30(22,27)28)10-14(11-24-20)12-4-5-18-17(9-12)16(6-7-23-18)13-2-1-3-15(8-13)29(25)26/h1-11,29H,(H2,21,24)(H2,22,27,28). The van der Waals surface area contributed by atoms with Gasteiger partial charge in [0.1, 0.15) is 10.7 Å². The van der Waals surface area contributed by atoms with Gasteiger partial charge in [-0.2, -0.15) is 0 Å². The highest BCUT2D eigenvalue weighted by molar-refractivity contribution is 7.89. The lowest BCUT2D eigenvalue weighted by atomic mass is 9.98. The highest BCUT2D eigenvalue weighted by Gasteiger charge is 2.15. The Morgan fingerprint density at radius 2 is 1.67 bits per heavy atom. The largest absolute Gasteiger partial charge is 0.383 e.